The third-order valence-electron chi connectivity index (χ3n) is 2.89. The van der Waals surface area contributed by atoms with E-state index in [1.807, 2.05) is 6.07 Å². The molecule has 0 spiro atoms. The first kappa shape index (κ1) is 10.3. The summed E-state index contributed by atoms with van der Waals surface area (Å²) in [5, 5.41) is 13.0. The van der Waals surface area contributed by atoms with Gasteiger partial charge < -0.3 is 15.3 Å². The average molecular weight is 206 g/mol. The molecule has 1 aromatic carbocycles. The summed E-state index contributed by atoms with van der Waals surface area (Å²) in [7, 11) is 4.18. The predicted octanol–water partition coefficient (Wildman–Crippen LogP) is 1.85. The summed E-state index contributed by atoms with van der Waals surface area (Å²) < 4.78 is 0. The lowest BCUT2D eigenvalue weighted by atomic mass is 9.90. The van der Waals surface area contributed by atoms with Crippen molar-refractivity contribution in [2.24, 2.45) is 0 Å². The number of phenolic OH excluding ortho intramolecular Hbond substituents is 1. The lowest BCUT2D eigenvalue weighted by molar-refractivity contribution is 0.362. The molecule has 1 heterocycles. The molecule has 82 valence electrons. The van der Waals surface area contributed by atoms with E-state index in [2.05, 4.69) is 30.4 Å². The number of nitrogens with zero attached hydrogens (tertiary/aromatic N) is 1. The lowest BCUT2D eigenvalue weighted by Gasteiger charge is -2.29. The minimum absolute atomic E-state index is 0.371. The molecule has 2 N–H and O–H groups in total. The van der Waals surface area contributed by atoms with Gasteiger partial charge in [-0.1, -0.05) is 12.1 Å². The van der Waals surface area contributed by atoms with Crippen LogP contribution in [0.15, 0.2) is 18.2 Å². The van der Waals surface area contributed by atoms with Crippen LogP contribution in [0.4, 0.5) is 5.69 Å². The number of hydrogen-bond donors (Lipinski definition) is 2. The van der Waals surface area contributed by atoms with Crippen LogP contribution in [-0.4, -0.2) is 37.2 Å². The van der Waals surface area contributed by atoms with Gasteiger partial charge in [0.2, 0.25) is 0 Å². The smallest absolute Gasteiger partial charge is 0.138 e. The van der Waals surface area contributed by atoms with Crippen LogP contribution in [0.3, 0.4) is 0 Å². The van der Waals surface area contributed by atoms with Gasteiger partial charge in [-0.25, -0.2) is 0 Å². The van der Waals surface area contributed by atoms with E-state index in [1.54, 1.807) is 6.07 Å². The average Bonchev–Trinajstić information content (AvgIpc) is 2.19. The van der Waals surface area contributed by atoms with E-state index in [0.29, 0.717) is 11.7 Å². The molecule has 0 saturated carbocycles. The standard InChI is InChI=1S/C12H18N2O/c1-14(2)8-9-6-7-13-12-10(9)4-3-5-11(12)15/h3-5,9,13,15H,6-8H2,1-2H3. The Morgan fingerprint density at radius 2 is 2.27 bits per heavy atom. The van der Waals surface area contributed by atoms with Crippen molar-refractivity contribution in [1.82, 2.24) is 4.90 Å². The van der Waals surface area contributed by atoms with Gasteiger partial charge in [0.1, 0.15) is 5.75 Å². The lowest BCUT2D eigenvalue weighted by Crippen LogP contribution is -2.26. The molecule has 0 fully saturated rings. The molecular weight excluding hydrogens is 188 g/mol. The van der Waals surface area contributed by atoms with Gasteiger partial charge in [0.25, 0.3) is 0 Å². The first-order valence-electron chi connectivity index (χ1n) is 5.39. The number of fused-ring (bicyclic) bond motifs is 1. The number of anilines is 1. The molecule has 1 aliphatic heterocycles. The zero-order valence-electron chi connectivity index (χ0n) is 9.33. The van der Waals surface area contributed by atoms with Crippen LogP contribution in [0.1, 0.15) is 17.9 Å². The molecule has 3 nitrogen and oxygen atoms in total. The van der Waals surface area contributed by atoms with Crippen LogP contribution in [-0.2, 0) is 0 Å². The second-order valence-electron chi connectivity index (χ2n) is 4.42. The highest BCUT2D eigenvalue weighted by atomic mass is 16.3. The van der Waals surface area contributed by atoms with Gasteiger partial charge in [0, 0.05) is 19.0 Å². The molecule has 0 amide bonds. The van der Waals surface area contributed by atoms with Gasteiger partial charge in [-0.3, -0.25) is 0 Å². The Balaban J connectivity index is 2.30. The number of hydrogen-bond acceptors (Lipinski definition) is 3. The third-order valence-corrected chi connectivity index (χ3v) is 2.89. The Bertz CT molecular complexity index is 349. The van der Waals surface area contributed by atoms with Gasteiger partial charge in [-0.2, -0.15) is 0 Å². The maximum absolute atomic E-state index is 9.73. The maximum atomic E-state index is 9.73. The Kier molecular flexibility index (Phi) is 2.82. The number of rotatable bonds is 2. The van der Waals surface area contributed by atoms with E-state index in [-0.39, 0.29) is 0 Å². The number of benzene rings is 1. The summed E-state index contributed by atoms with van der Waals surface area (Å²) in [6, 6.07) is 5.77. The second kappa shape index (κ2) is 4.11. The van der Waals surface area contributed by atoms with Gasteiger partial charge in [-0.15, -0.1) is 0 Å². The number of para-hydroxylation sites is 1. The van der Waals surface area contributed by atoms with E-state index in [9.17, 15) is 5.11 Å². The van der Waals surface area contributed by atoms with Crippen molar-refractivity contribution in [2.75, 3.05) is 32.5 Å². The quantitative estimate of drug-likeness (QED) is 0.725. The van der Waals surface area contributed by atoms with Gasteiger partial charge in [0.05, 0.1) is 5.69 Å². The molecule has 3 heteroatoms. The van der Waals surface area contributed by atoms with Crippen molar-refractivity contribution in [1.29, 1.82) is 0 Å². The second-order valence-corrected chi connectivity index (χ2v) is 4.42. The Morgan fingerprint density at radius 1 is 1.47 bits per heavy atom. The Morgan fingerprint density at radius 3 is 3.00 bits per heavy atom. The maximum Gasteiger partial charge on any atom is 0.138 e. The summed E-state index contributed by atoms with van der Waals surface area (Å²) in [6.45, 7) is 1.99. The summed E-state index contributed by atoms with van der Waals surface area (Å²) in [5.41, 5.74) is 2.17. The molecule has 0 bridgehead atoms. The number of aromatic hydroxyl groups is 1. The molecule has 0 saturated heterocycles. The van der Waals surface area contributed by atoms with Crippen molar-refractivity contribution in [3.63, 3.8) is 0 Å². The van der Waals surface area contributed by atoms with Gasteiger partial charge in [-0.05, 0) is 32.1 Å². The molecule has 0 radical (unpaired) electrons. The normalized spacial score (nSPS) is 19.8. The van der Waals surface area contributed by atoms with Crippen LogP contribution in [0, 0.1) is 0 Å². The third kappa shape index (κ3) is 2.07. The summed E-state index contributed by atoms with van der Waals surface area (Å²) in [6.07, 6.45) is 1.13. The number of phenols is 1. The van der Waals surface area contributed by atoms with Crippen LogP contribution >= 0.6 is 0 Å². The number of likely N-dealkylation sites (N-methyl/N-ethyl adjacent to an activating group) is 1. The van der Waals surface area contributed by atoms with Crippen molar-refractivity contribution in [3.8, 4) is 5.75 Å². The first-order chi connectivity index (χ1) is 7.18. The van der Waals surface area contributed by atoms with Crippen molar-refractivity contribution >= 4 is 5.69 Å². The van der Waals surface area contributed by atoms with Crippen molar-refractivity contribution in [2.45, 2.75) is 12.3 Å². The van der Waals surface area contributed by atoms with Crippen LogP contribution in [0.2, 0.25) is 0 Å². The molecule has 1 aromatic rings. The Hall–Kier alpha value is -1.22. The molecule has 2 rings (SSSR count). The zero-order valence-corrected chi connectivity index (χ0v) is 9.33. The van der Waals surface area contributed by atoms with Crippen LogP contribution in [0.25, 0.3) is 0 Å². The van der Waals surface area contributed by atoms with Crippen molar-refractivity contribution in [3.05, 3.63) is 23.8 Å². The van der Waals surface area contributed by atoms with E-state index in [0.717, 1.165) is 25.2 Å². The molecular formula is C12H18N2O. The minimum Gasteiger partial charge on any atom is -0.506 e. The fraction of sp³-hybridized carbons (Fsp3) is 0.500. The highest BCUT2D eigenvalue weighted by Crippen LogP contribution is 2.37. The van der Waals surface area contributed by atoms with Gasteiger partial charge in [0.15, 0.2) is 0 Å². The minimum atomic E-state index is 0.371. The molecule has 1 aliphatic rings. The van der Waals surface area contributed by atoms with E-state index in [4.69, 9.17) is 0 Å². The van der Waals surface area contributed by atoms with Crippen molar-refractivity contribution < 1.29 is 5.11 Å². The highest BCUT2D eigenvalue weighted by molar-refractivity contribution is 5.64. The number of nitrogens with one attached hydrogen (secondary N) is 1. The highest BCUT2D eigenvalue weighted by Gasteiger charge is 2.22. The van der Waals surface area contributed by atoms with E-state index >= 15 is 0 Å². The first-order valence-corrected chi connectivity index (χ1v) is 5.39. The van der Waals surface area contributed by atoms with E-state index in [1.165, 1.54) is 5.56 Å². The summed E-state index contributed by atoms with van der Waals surface area (Å²) >= 11 is 0. The van der Waals surface area contributed by atoms with Gasteiger partial charge >= 0.3 is 0 Å². The molecule has 1 unspecified atom stereocenters. The summed E-state index contributed by atoms with van der Waals surface area (Å²) in [4.78, 5) is 2.20. The Labute approximate surface area is 90.7 Å². The predicted molar refractivity (Wildman–Crippen MR) is 62.5 cm³/mol. The monoisotopic (exact) mass is 206 g/mol. The largest absolute Gasteiger partial charge is 0.506 e. The van der Waals surface area contributed by atoms with Crippen LogP contribution < -0.4 is 5.32 Å². The van der Waals surface area contributed by atoms with Crippen LogP contribution in [0.5, 0.6) is 5.75 Å². The fourth-order valence-corrected chi connectivity index (χ4v) is 2.25. The molecule has 0 aromatic heterocycles. The summed E-state index contributed by atoms with van der Waals surface area (Å²) in [5.74, 6) is 0.902. The fourth-order valence-electron chi connectivity index (χ4n) is 2.25. The molecule has 15 heavy (non-hydrogen) atoms. The molecule has 0 aliphatic carbocycles. The zero-order chi connectivity index (χ0) is 10.8. The topological polar surface area (TPSA) is 35.5 Å². The van der Waals surface area contributed by atoms with E-state index < -0.39 is 0 Å². The SMILES string of the molecule is CN(C)CC1CCNc2c(O)cccc21. The molecule has 1 atom stereocenters.